The van der Waals surface area contributed by atoms with Gasteiger partial charge in [-0.3, -0.25) is 4.98 Å². The standard InChI is InChI=1S/C14H13ClN2O2/c15-10-6-9-8-16-4-3-11(9)12(7-10)13-2-1-5-17(13)14(18)19/h3-4,6-8,13H,1-2,5H2,(H,18,19)/t13-/m0/s1. The summed E-state index contributed by atoms with van der Waals surface area (Å²) in [6, 6.07) is 5.53. The van der Waals surface area contributed by atoms with Gasteiger partial charge in [-0.1, -0.05) is 11.6 Å². The summed E-state index contributed by atoms with van der Waals surface area (Å²) in [4.78, 5) is 16.9. The average Bonchev–Trinajstić information content (AvgIpc) is 2.86. The molecule has 1 aromatic carbocycles. The highest BCUT2D eigenvalue weighted by Crippen LogP contribution is 2.37. The Kier molecular flexibility index (Phi) is 3.03. The van der Waals surface area contributed by atoms with Gasteiger partial charge in [0, 0.05) is 29.3 Å². The Hall–Kier alpha value is -1.81. The maximum atomic E-state index is 11.3. The zero-order chi connectivity index (χ0) is 13.4. The van der Waals surface area contributed by atoms with Crippen LogP contribution in [0.2, 0.25) is 5.02 Å². The Balaban J connectivity index is 2.16. The second-order valence-electron chi connectivity index (χ2n) is 4.73. The molecule has 1 fully saturated rings. The lowest BCUT2D eigenvalue weighted by molar-refractivity contribution is 0.140. The molecular weight excluding hydrogens is 264 g/mol. The Morgan fingerprint density at radius 1 is 1.47 bits per heavy atom. The van der Waals surface area contributed by atoms with E-state index in [4.69, 9.17) is 11.6 Å². The van der Waals surface area contributed by atoms with Crippen LogP contribution in [0.15, 0.2) is 30.6 Å². The lowest BCUT2D eigenvalue weighted by Gasteiger charge is -2.23. The number of likely N-dealkylation sites (tertiary alicyclic amines) is 1. The summed E-state index contributed by atoms with van der Waals surface area (Å²) in [6.07, 6.45) is 4.33. The molecule has 2 aromatic rings. The second-order valence-corrected chi connectivity index (χ2v) is 5.16. The SMILES string of the molecule is O=C(O)N1CCC[C@H]1c1cc(Cl)cc2cnccc12. The summed E-state index contributed by atoms with van der Waals surface area (Å²) in [5.74, 6) is 0. The van der Waals surface area contributed by atoms with E-state index < -0.39 is 6.09 Å². The van der Waals surface area contributed by atoms with E-state index in [1.54, 1.807) is 12.4 Å². The molecule has 1 amide bonds. The third kappa shape index (κ3) is 2.12. The number of carbonyl (C=O) groups is 1. The molecule has 1 N–H and O–H groups in total. The van der Waals surface area contributed by atoms with Gasteiger partial charge in [0.1, 0.15) is 0 Å². The molecule has 1 atom stereocenters. The summed E-state index contributed by atoms with van der Waals surface area (Å²) in [5, 5.41) is 11.9. The van der Waals surface area contributed by atoms with E-state index in [0.717, 1.165) is 29.2 Å². The first-order valence-corrected chi connectivity index (χ1v) is 6.57. The van der Waals surface area contributed by atoms with Gasteiger partial charge >= 0.3 is 6.09 Å². The summed E-state index contributed by atoms with van der Waals surface area (Å²) >= 11 is 6.14. The third-order valence-corrected chi connectivity index (χ3v) is 3.83. The maximum absolute atomic E-state index is 11.3. The fourth-order valence-electron chi connectivity index (χ4n) is 2.80. The molecule has 19 heavy (non-hydrogen) atoms. The number of halogens is 1. The van der Waals surface area contributed by atoms with E-state index >= 15 is 0 Å². The Bertz CT molecular complexity index is 644. The van der Waals surface area contributed by atoms with Crippen molar-refractivity contribution in [2.24, 2.45) is 0 Å². The summed E-state index contributed by atoms with van der Waals surface area (Å²) < 4.78 is 0. The summed E-state index contributed by atoms with van der Waals surface area (Å²) in [7, 11) is 0. The van der Waals surface area contributed by atoms with Crippen molar-refractivity contribution in [3.05, 3.63) is 41.2 Å². The van der Waals surface area contributed by atoms with E-state index in [0.29, 0.717) is 11.6 Å². The van der Waals surface area contributed by atoms with Crippen LogP contribution in [0, 0.1) is 0 Å². The quantitative estimate of drug-likeness (QED) is 0.864. The number of carboxylic acid groups (broad SMARTS) is 1. The second kappa shape index (κ2) is 4.70. The van der Waals surface area contributed by atoms with Crippen LogP contribution < -0.4 is 0 Å². The predicted molar refractivity (Wildman–Crippen MR) is 73.5 cm³/mol. The summed E-state index contributed by atoms with van der Waals surface area (Å²) in [6.45, 7) is 0.582. The normalized spacial score (nSPS) is 19.0. The molecule has 4 nitrogen and oxygen atoms in total. The maximum Gasteiger partial charge on any atom is 0.407 e. The summed E-state index contributed by atoms with van der Waals surface area (Å²) in [5.41, 5.74) is 0.977. The first-order chi connectivity index (χ1) is 9.16. The van der Waals surface area contributed by atoms with Crippen molar-refractivity contribution in [1.29, 1.82) is 0 Å². The molecule has 1 saturated heterocycles. The molecule has 1 aliphatic heterocycles. The van der Waals surface area contributed by atoms with E-state index in [1.165, 1.54) is 4.90 Å². The first kappa shape index (κ1) is 12.2. The zero-order valence-electron chi connectivity index (χ0n) is 10.2. The highest BCUT2D eigenvalue weighted by atomic mass is 35.5. The van der Waals surface area contributed by atoms with Gasteiger partial charge in [-0.25, -0.2) is 4.79 Å². The number of pyridine rings is 1. The van der Waals surface area contributed by atoms with Crippen molar-refractivity contribution < 1.29 is 9.90 Å². The molecule has 98 valence electrons. The van der Waals surface area contributed by atoms with Gasteiger partial charge in [0.2, 0.25) is 0 Å². The number of hydrogen-bond donors (Lipinski definition) is 1. The van der Waals surface area contributed by atoms with E-state index in [9.17, 15) is 9.90 Å². The van der Waals surface area contributed by atoms with Crippen molar-refractivity contribution in [2.75, 3.05) is 6.54 Å². The number of benzene rings is 1. The molecule has 0 bridgehead atoms. The fraction of sp³-hybridized carbons (Fsp3) is 0.286. The molecule has 1 aliphatic rings. The van der Waals surface area contributed by atoms with Gasteiger partial charge in [-0.15, -0.1) is 0 Å². The van der Waals surface area contributed by atoms with Gasteiger partial charge in [-0.2, -0.15) is 0 Å². The highest BCUT2D eigenvalue weighted by Gasteiger charge is 2.30. The van der Waals surface area contributed by atoms with Gasteiger partial charge in [-0.05, 0) is 42.0 Å². The van der Waals surface area contributed by atoms with Gasteiger partial charge < -0.3 is 10.0 Å². The number of fused-ring (bicyclic) bond motifs is 1. The molecule has 2 heterocycles. The number of amides is 1. The van der Waals surface area contributed by atoms with Crippen molar-refractivity contribution in [3.63, 3.8) is 0 Å². The number of aromatic nitrogens is 1. The molecule has 1 aromatic heterocycles. The molecule has 0 spiro atoms. The minimum absolute atomic E-state index is 0.110. The van der Waals surface area contributed by atoms with E-state index in [2.05, 4.69) is 4.98 Å². The minimum atomic E-state index is -0.871. The minimum Gasteiger partial charge on any atom is -0.465 e. The Morgan fingerprint density at radius 3 is 3.11 bits per heavy atom. The first-order valence-electron chi connectivity index (χ1n) is 6.19. The third-order valence-electron chi connectivity index (χ3n) is 3.61. The van der Waals surface area contributed by atoms with Crippen molar-refractivity contribution in [3.8, 4) is 0 Å². The van der Waals surface area contributed by atoms with Crippen LogP contribution in [0.3, 0.4) is 0 Å². The van der Waals surface area contributed by atoms with Crippen molar-refractivity contribution >= 4 is 28.5 Å². The number of rotatable bonds is 1. The van der Waals surface area contributed by atoms with Gasteiger partial charge in [0.15, 0.2) is 0 Å². The number of hydrogen-bond acceptors (Lipinski definition) is 2. The van der Waals surface area contributed by atoms with Crippen LogP contribution >= 0.6 is 11.6 Å². The van der Waals surface area contributed by atoms with E-state index in [-0.39, 0.29) is 6.04 Å². The van der Waals surface area contributed by atoms with E-state index in [1.807, 2.05) is 18.2 Å². The van der Waals surface area contributed by atoms with Gasteiger partial charge in [0.05, 0.1) is 6.04 Å². The molecule has 5 heteroatoms. The van der Waals surface area contributed by atoms with Crippen molar-refractivity contribution in [1.82, 2.24) is 9.88 Å². The Labute approximate surface area is 115 Å². The van der Waals surface area contributed by atoms with Crippen LogP contribution in [0.5, 0.6) is 0 Å². The van der Waals surface area contributed by atoms with Crippen molar-refractivity contribution in [2.45, 2.75) is 18.9 Å². The molecule has 0 radical (unpaired) electrons. The Morgan fingerprint density at radius 2 is 2.32 bits per heavy atom. The molecular formula is C14H13ClN2O2. The highest BCUT2D eigenvalue weighted by molar-refractivity contribution is 6.31. The van der Waals surface area contributed by atoms with Gasteiger partial charge in [0.25, 0.3) is 0 Å². The van der Waals surface area contributed by atoms with Crippen LogP contribution in [0.25, 0.3) is 10.8 Å². The lowest BCUT2D eigenvalue weighted by Crippen LogP contribution is -2.28. The number of nitrogens with zero attached hydrogens (tertiary/aromatic N) is 2. The topological polar surface area (TPSA) is 53.4 Å². The molecule has 0 aliphatic carbocycles. The average molecular weight is 277 g/mol. The monoisotopic (exact) mass is 276 g/mol. The molecule has 0 saturated carbocycles. The van der Waals surface area contributed by atoms with Crippen LogP contribution in [-0.4, -0.2) is 27.6 Å². The largest absolute Gasteiger partial charge is 0.465 e. The fourth-order valence-corrected chi connectivity index (χ4v) is 3.03. The van der Waals surface area contributed by atoms with Crippen LogP contribution in [0.4, 0.5) is 4.79 Å². The molecule has 3 rings (SSSR count). The zero-order valence-corrected chi connectivity index (χ0v) is 11.0. The van der Waals surface area contributed by atoms with Crippen LogP contribution in [-0.2, 0) is 0 Å². The van der Waals surface area contributed by atoms with Crippen LogP contribution in [0.1, 0.15) is 24.4 Å². The lowest BCUT2D eigenvalue weighted by atomic mass is 9.98. The predicted octanol–water partition coefficient (Wildman–Crippen LogP) is 3.70. The molecule has 0 unspecified atom stereocenters. The smallest absolute Gasteiger partial charge is 0.407 e.